The number of para-hydroxylation sites is 1. The van der Waals surface area contributed by atoms with Crippen molar-refractivity contribution in [3.05, 3.63) is 29.8 Å². The van der Waals surface area contributed by atoms with Gasteiger partial charge < -0.3 is 5.32 Å². The van der Waals surface area contributed by atoms with E-state index in [1.165, 1.54) is 30.5 Å². The minimum atomic E-state index is 0.590. The molecule has 1 N–H and O–H groups in total. The van der Waals surface area contributed by atoms with E-state index in [4.69, 9.17) is 6.42 Å². The number of nitrogens with one attached hydrogen (secondary N) is 1. The van der Waals surface area contributed by atoms with Crippen LogP contribution < -0.4 is 5.32 Å². The Morgan fingerprint density at radius 1 is 1.32 bits per heavy atom. The van der Waals surface area contributed by atoms with Gasteiger partial charge in [0.2, 0.25) is 0 Å². The normalized spacial score (nSPS) is 17.1. The zero-order chi connectivity index (χ0) is 13.5. The number of likely N-dealkylation sites (tertiary alicyclic amines) is 1. The fraction of sp³-hybridized carbons (Fsp3) is 0.529. The second-order valence-electron chi connectivity index (χ2n) is 5.31. The summed E-state index contributed by atoms with van der Waals surface area (Å²) in [5.41, 5.74) is 2.76. The number of aryl methyl sites for hydroxylation is 1. The van der Waals surface area contributed by atoms with Crippen molar-refractivity contribution in [2.24, 2.45) is 0 Å². The van der Waals surface area contributed by atoms with Crippen LogP contribution in [0.2, 0.25) is 0 Å². The summed E-state index contributed by atoms with van der Waals surface area (Å²) in [6.45, 7) is 5.24. The lowest BCUT2D eigenvalue weighted by Gasteiger charge is -2.32. The number of nitrogens with zero attached hydrogens (tertiary/aromatic N) is 1. The van der Waals surface area contributed by atoms with Crippen molar-refractivity contribution >= 4 is 5.69 Å². The van der Waals surface area contributed by atoms with Crippen LogP contribution in [-0.4, -0.2) is 30.6 Å². The molecule has 1 fully saturated rings. The Bertz CT molecular complexity index is 425. The van der Waals surface area contributed by atoms with Gasteiger partial charge >= 0.3 is 0 Å². The smallest absolute Gasteiger partial charge is 0.0598 e. The highest BCUT2D eigenvalue weighted by molar-refractivity contribution is 5.51. The number of hydrogen-bond acceptors (Lipinski definition) is 2. The fourth-order valence-electron chi connectivity index (χ4n) is 2.73. The first-order chi connectivity index (χ1) is 9.33. The summed E-state index contributed by atoms with van der Waals surface area (Å²) in [6.07, 6.45) is 10.1. The molecule has 0 saturated carbocycles. The van der Waals surface area contributed by atoms with Crippen LogP contribution in [0.25, 0.3) is 0 Å². The molecule has 19 heavy (non-hydrogen) atoms. The average Bonchev–Trinajstić information content (AvgIpc) is 2.44. The summed E-state index contributed by atoms with van der Waals surface area (Å²) < 4.78 is 0. The van der Waals surface area contributed by atoms with Gasteiger partial charge in [0.25, 0.3) is 0 Å². The van der Waals surface area contributed by atoms with Gasteiger partial charge in [-0.3, -0.25) is 4.90 Å². The van der Waals surface area contributed by atoms with Crippen LogP contribution in [0.15, 0.2) is 24.3 Å². The predicted molar refractivity (Wildman–Crippen MR) is 82.4 cm³/mol. The number of rotatable bonds is 5. The van der Waals surface area contributed by atoms with Gasteiger partial charge in [0.1, 0.15) is 0 Å². The Morgan fingerprint density at radius 2 is 2.05 bits per heavy atom. The summed E-state index contributed by atoms with van der Waals surface area (Å²) in [4.78, 5) is 2.36. The van der Waals surface area contributed by atoms with Crippen molar-refractivity contribution in [1.82, 2.24) is 4.90 Å². The lowest BCUT2D eigenvalue weighted by atomic mass is 10.0. The molecule has 0 radical (unpaired) electrons. The van der Waals surface area contributed by atoms with E-state index >= 15 is 0 Å². The van der Waals surface area contributed by atoms with E-state index < -0.39 is 0 Å². The number of terminal acetylenes is 1. The predicted octanol–water partition coefficient (Wildman–Crippen LogP) is 3.15. The topological polar surface area (TPSA) is 15.3 Å². The second-order valence-corrected chi connectivity index (χ2v) is 5.31. The molecule has 1 heterocycles. The molecule has 2 rings (SSSR count). The third-order valence-corrected chi connectivity index (χ3v) is 3.80. The van der Waals surface area contributed by atoms with E-state index in [9.17, 15) is 0 Å². The third kappa shape index (κ3) is 4.01. The summed E-state index contributed by atoms with van der Waals surface area (Å²) >= 11 is 0. The van der Waals surface area contributed by atoms with Crippen LogP contribution in [0.5, 0.6) is 0 Å². The van der Waals surface area contributed by atoms with Gasteiger partial charge in [-0.25, -0.2) is 0 Å². The number of hydrogen-bond donors (Lipinski definition) is 1. The number of piperidine rings is 1. The first-order valence-electron chi connectivity index (χ1n) is 7.33. The van der Waals surface area contributed by atoms with E-state index in [0.29, 0.717) is 6.04 Å². The molecule has 0 spiro atoms. The molecule has 1 aromatic rings. The minimum Gasteiger partial charge on any atom is -0.382 e. The van der Waals surface area contributed by atoms with Crippen LogP contribution in [0, 0.1) is 12.3 Å². The lowest BCUT2D eigenvalue weighted by Crippen LogP contribution is -2.39. The van der Waals surface area contributed by atoms with Gasteiger partial charge in [0, 0.05) is 24.8 Å². The quantitative estimate of drug-likeness (QED) is 0.814. The average molecular weight is 256 g/mol. The van der Waals surface area contributed by atoms with Crippen molar-refractivity contribution in [1.29, 1.82) is 0 Å². The molecule has 0 amide bonds. The molecule has 0 atom stereocenters. The Balaban J connectivity index is 1.90. The van der Waals surface area contributed by atoms with Crippen LogP contribution in [-0.2, 0) is 6.42 Å². The van der Waals surface area contributed by atoms with Crippen LogP contribution in [0.1, 0.15) is 31.7 Å². The largest absolute Gasteiger partial charge is 0.382 e. The zero-order valence-electron chi connectivity index (χ0n) is 11.9. The van der Waals surface area contributed by atoms with E-state index in [2.05, 4.69) is 47.3 Å². The molecule has 2 heteroatoms. The summed E-state index contributed by atoms with van der Waals surface area (Å²) in [5, 5.41) is 3.72. The Labute approximate surface area is 117 Å². The molecule has 0 aromatic heterocycles. The molecule has 1 aromatic carbocycles. The maximum absolute atomic E-state index is 5.36. The summed E-state index contributed by atoms with van der Waals surface area (Å²) in [6, 6.07) is 9.28. The third-order valence-electron chi connectivity index (χ3n) is 3.80. The minimum absolute atomic E-state index is 0.590. The molecule has 0 unspecified atom stereocenters. The molecule has 1 aliphatic rings. The van der Waals surface area contributed by atoms with Crippen LogP contribution in [0.4, 0.5) is 5.69 Å². The molecule has 2 nitrogen and oxygen atoms in total. The van der Waals surface area contributed by atoms with Gasteiger partial charge in [-0.1, -0.05) is 37.5 Å². The summed E-state index contributed by atoms with van der Waals surface area (Å²) in [5.74, 6) is 2.73. The molecular formula is C17H24N2. The van der Waals surface area contributed by atoms with Crippen molar-refractivity contribution in [2.45, 2.75) is 38.6 Å². The monoisotopic (exact) mass is 256 g/mol. The van der Waals surface area contributed by atoms with Gasteiger partial charge in [0.15, 0.2) is 0 Å². The SMILES string of the molecule is C#CCN1CCC(Nc2ccccc2CCC)CC1. The molecule has 102 valence electrons. The Kier molecular flexibility index (Phi) is 5.30. The first-order valence-corrected chi connectivity index (χ1v) is 7.33. The standard InChI is InChI=1S/C17H24N2/c1-3-7-15-8-5-6-9-17(15)18-16-10-13-19(12-4-2)14-11-16/h2,5-6,8-9,16,18H,3,7,10-14H2,1H3. The highest BCUT2D eigenvalue weighted by Crippen LogP contribution is 2.21. The van der Waals surface area contributed by atoms with Gasteiger partial charge in [-0.15, -0.1) is 6.42 Å². The maximum atomic E-state index is 5.36. The highest BCUT2D eigenvalue weighted by atomic mass is 15.1. The molecule has 0 bridgehead atoms. The van der Waals surface area contributed by atoms with Crippen LogP contribution >= 0.6 is 0 Å². The maximum Gasteiger partial charge on any atom is 0.0598 e. The molecular weight excluding hydrogens is 232 g/mol. The fourth-order valence-corrected chi connectivity index (χ4v) is 2.73. The Morgan fingerprint density at radius 3 is 2.74 bits per heavy atom. The summed E-state index contributed by atoms with van der Waals surface area (Å²) in [7, 11) is 0. The number of anilines is 1. The zero-order valence-corrected chi connectivity index (χ0v) is 11.9. The van der Waals surface area contributed by atoms with Crippen molar-refractivity contribution in [2.75, 3.05) is 25.0 Å². The van der Waals surface area contributed by atoms with Gasteiger partial charge in [-0.05, 0) is 30.9 Å². The van der Waals surface area contributed by atoms with E-state index in [1.54, 1.807) is 0 Å². The highest BCUT2D eigenvalue weighted by Gasteiger charge is 2.18. The molecule has 1 saturated heterocycles. The van der Waals surface area contributed by atoms with Gasteiger partial charge in [-0.2, -0.15) is 0 Å². The van der Waals surface area contributed by atoms with Gasteiger partial charge in [0.05, 0.1) is 6.54 Å². The second kappa shape index (κ2) is 7.21. The van der Waals surface area contributed by atoms with Crippen molar-refractivity contribution < 1.29 is 0 Å². The van der Waals surface area contributed by atoms with Crippen molar-refractivity contribution in [3.8, 4) is 12.3 Å². The lowest BCUT2D eigenvalue weighted by molar-refractivity contribution is 0.243. The van der Waals surface area contributed by atoms with E-state index in [-0.39, 0.29) is 0 Å². The first kappa shape index (κ1) is 14.0. The van der Waals surface area contributed by atoms with Crippen LogP contribution in [0.3, 0.4) is 0 Å². The molecule has 0 aliphatic carbocycles. The van der Waals surface area contributed by atoms with Crippen molar-refractivity contribution in [3.63, 3.8) is 0 Å². The van der Waals surface area contributed by atoms with E-state index in [1.807, 2.05) is 0 Å². The van der Waals surface area contributed by atoms with E-state index in [0.717, 1.165) is 26.1 Å². The Hall–Kier alpha value is -1.46. The molecule has 1 aliphatic heterocycles. The number of benzene rings is 1.